The standard InChI is InChI=1S/C20H25N3O3S/c1-16-5-3-4-6-19(16)21-20(24)18-9-7-17(8-10-18)15-27(25,26)23-13-11-22(2)12-14-23/h3-10H,11-15H2,1-2H3,(H,21,24). The molecule has 27 heavy (non-hydrogen) atoms. The molecule has 0 aromatic heterocycles. The molecule has 1 saturated heterocycles. The molecule has 1 heterocycles. The van der Waals surface area contributed by atoms with Gasteiger partial charge in [-0.15, -0.1) is 0 Å². The number of nitrogens with zero attached hydrogens (tertiary/aromatic N) is 2. The van der Waals surface area contributed by atoms with E-state index in [9.17, 15) is 13.2 Å². The number of benzene rings is 2. The fourth-order valence-corrected chi connectivity index (χ4v) is 4.54. The van der Waals surface area contributed by atoms with Gasteiger partial charge in [-0.1, -0.05) is 30.3 Å². The lowest BCUT2D eigenvalue weighted by Gasteiger charge is -2.31. The number of aryl methyl sites for hydroxylation is 1. The predicted octanol–water partition coefficient (Wildman–Crippen LogP) is 2.32. The van der Waals surface area contributed by atoms with Crippen molar-refractivity contribution in [3.05, 3.63) is 65.2 Å². The zero-order chi connectivity index (χ0) is 19.4. The first-order valence-electron chi connectivity index (χ1n) is 8.97. The maximum absolute atomic E-state index is 12.6. The van der Waals surface area contributed by atoms with E-state index in [-0.39, 0.29) is 11.7 Å². The van der Waals surface area contributed by atoms with Crippen LogP contribution >= 0.6 is 0 Å². The summed E-state index contributed by atoms with van der Waals surface area (Å²) >= 11 is 0. The minimum Gasteiger partial charge on any atom is -0.322 e. The monoisotopic (exact) mass is 387 g/mol. The fourth-order valence-electron chi connectivity index (χ4n) is 3.03. The van der Waals surface area contributed by atoms with Gasteiger partial charge >= 0.3 is 0 Å². The fraction of sp³-hybridized carbons (Fsp3) is 0.350. The molecule has 144 valence electrons. The summed E-state index contributed by atoms with van der Waals surface area (Å²) in [6, 6.07) is 14.3. The van der Waals surface area contributed by atoms with Gasteiger partial charge in [0.05, 0.1) is 5.75 Å². The molecule has 1 amide bonds. The van der Waals surface area contributed by atoms with E-state index in [0.29, 0.717) is 24.2 Å². The van der Waals surface area contributed by atoms with Crippen LogP contribution < -0.4 is 5.32 Å². The second kappa shape index (κ2) is 8.21. The second-order valence-electron chi connectivity index (χ2n) is 6.92. The first-order chi connectivity index (χ1) is 12.8. The third-order valence-corrected chi connectivity index (χ3v) is 6.66. The summed E-state index contributed by atoms with van der Waals surface area (Å²) in [5.41, 5.74) is 2.94. The molecule has 0 saturated carbocycles. The Morgan fingerprint density at radius 3 is 2.26 bits per heavy atom. The number of hydrogen-bond donors (Lipinski definition) is 1. The van der Waals surface area contributed by atoms with E-state index < -0.39 is 10.0 Å². The van der Waals surface area contributed by atoms with E-state index in [4.69, 9.17) is 0 Å². The van der Waals surface area contributed by atoms with E-state index >= 15 is 0 Å². The number of anilines is 1. The van der Waals surface area contributed by atoms with Crippen LogP contribution in [0.2, 0.25) is 0 Å². The Morgan fingerprint density at radius 2 is 1.63 bits per heavy atom. The first kappa shape index (κ1) is 19.5. The predicted molar refractivity (Wildman–Crippen MR) is 107 cm³/mol. The van der Waals surface area contributed by atoms with Crippen LogP contribution in [0.1, 0.15) is 21.5 Å². The van der Waals surface area contributed by atoms with Crippen molar-refractivity contribution >= 4 is 21.6 Å². The topological polar surface area (TPSA) is 69.7 Å². The molecule has 6 nitrogen and oxygen atoms in total. The molecule has 2 aromatic carbocycles. The number of sulfonamides is 1. The molecule has 0 atom stereocenters. The number of carbonyl (C=O) groups is 1. The van der Waals surface area contributed by atoms with Crippen molar-refractivity contribution in [1.29, 1.82) is 0 Å². The summed E-state index contributed by atoms with van der Waals surface area (Å²) < 4.78 is 26.7. The summed E-state index contributed by atoms with van der Waals surface area (Å²) in [6.45, 7) is 4.47. The van der Waals surface area contributed by atoms with Gasteiger partial charge in [0.15, 0.2) is 0 Å². The van der Waals surface area contributed by atoms with E-state index in [1.165, 1.54) is 0 Å². The summed E-state index contributed by atoms with van der Waals surface area (Å²) in [7, 11) is -1.35. The Kier molecular flexibility index (Phi) is 5.94. The quantitative estimate of drug-likeness (QED) is 0.855. The Labute approximate surface area is 160 Å². The van der Waals surface area contributed by atoms with Crippen LogP contribution in [0, 0.1) is 6.92 Å². The molecule has 0 bridgehead atoms. The average molecular weight is 388 g/mol. The van der Waals surface area contributed by atoms with Crippen molar-refractivity contribution in [3.8, 4) is 0 Å². The summed E-state index contributed by atoms with van der Waals surface area (Å²) in [6.07, 6.45) is 0. The Bertz CT molecular complexity index is 902. The van der Waals surface area contributed by atoms with Crippen molar-refractivity contribution in [1.82, 2.24) is 9.21 Å². The average Bonchev–Trinajstić information content (AvgIpc) is 2.64. The van der Waals surface area contributed by atoms with Crippen molar-refractivity contribution in [2.24, 2.45) is 0 Å². The highest BCUT2D eigenvalue weighted by molar-refractivity contribution is 7.88. The molecule has 0 aliphatic carbocycles. The van der Waals surface area contributed by atoms with Crippen LogP contribution in [0.25, 0.3) is 0 Å². The lowest BCUT2D eigenvalue weighted by molar-refractivity contribution is 0.102. The van der Waals surface area contributed by atoms with Crippen molar-refractivity contribution in [3.63, 3.8) is 0 Å². The van der Waals surface area contributed by atoms with Crippen LogP contribution in [0.3, 0.4) is 0 Å². The number of amides is 1. The van der Waals surface area contributed by atoms with Crippen molar-refractivity contribution in [2.45, 2.75) is 12.7 Å². The SMILES string of the molecule is Cc1ccccc1NC(=O)c1ccc(CS(=O)(=O)N2CCN(C)CC2)cc1. The van der Waals surface area contributed by atoms with Crippen molar-refractivity contribution in [2.75, 3.05) is 38.5 Å². The molecule has 2 aromatic rings. The zero-order valence-corrected chi connectivity index (χ0v) is 16.5. The molecular formula is C20H25N3O3S. The van der Waals surface area contributed by atoms with Gasteiger partial charge in [0.25, 0.3) is 5.91 Å². The van der Waals surface area contributed by atoms with Gasteiger partial charge in [-0.3, -0.25) is 4.79 Å². The van der Waals surface area contributed by atoms with E-state index in [1.54, 1.807) is 28.6 Å². The number of carbonyl (C=O) groups excluding carboxylic acids is 1. The molecule has 0 spiro atoms. The molecule has 7 heteroatoms. The van der Waals surface area contributed by atoms with Gasteiger partial charge in [0, 0.05) is 37.4 Å². The van der Waals surface area contributed by atoms with Crippen LogP contribution in [-0.4, -0.2) is 56.8 Å². The number of para-hydroxylation sites is 1. The highest BCUT2D eigenvalue weighted by Crippen LogP contribution is 2.17. The number of likely N-dealkylation sites (N-methyl/N-ethyl adjacent to an activating group) is 1. The molecule has 0 unspecified atom stereocenters. The highest BCUT2D eigenvalue weighted by atomic mass is 32.2. The Hall–Kier alpha value is -2.22. The van der Waals surface area contributed by atoms with E-state index in [2.05, 4.69) is 10.2 Å². The van der Waals surface area contributed by atoms with Crippen molar-refractivity contribution < 1.29 is 13.2 Å². The maximum Gasteiger partial charge on any atom is 0.255 e. The zero-order valence-electron chi connectivity index (χ0n) is 15.7. The lowest BCUT2D eigenvalue weighted by Crippen LogP contribution is -2.47. The van der Waals surface area contributed by atoms with Gasteiger partial charge in [0.2, 0.25) is 10.0 Å². The third-order valence-electron chi connectivity index (χ3n) is 4.81. The van der Waals surface area contributed by atoms with Gasteiger partial charge in [-0.05, 0) is 43.3 Å². The van der Waals surface area contributed by atoms with Crippen LogP contribution in [0.15, 0.2) is 48.5 Å². The van der Waals surface area contributed by atoms with Crippen LogP contribution in [0.5, 0.6) is 0 Å². The Balaban J connectivity index is 1.64. The van der Waals surface area contributed by atoms with Gasteiger partial charge in [-0.25, -0.2) is 8.42 Å². The minimum atomic E-state index is -3.34. The lowest BCUT2D eigenvalue weighted by atomic mass is 10.1. The molecule has 3 rings (SSSR count). The number of nitrogens with one attached hydrogen (secondary N) is 1. The Morgan fingerprint density at radius 1 is 1.00 bits per heavy atom. The van der Waals surface area contributed by atoms with Crippen LogP contribution in [-0.2, 0) is 15.8 Å². The number of rotatable bonds is 5. The molecule has 0 radical (unpaired) electrons. The first-order valence-corrected chi connectivity index (χ1v) is 10.6. The largest absolute Gasteiger partial charge is 0.322 e. The molecular weight excluding hydrogens is 362 g/mol. The summed E-state index contributed by atoms with van der Waals surface area (Å²) in [4.78, 5) is 14.5. The van der Waals surface area contributed by atoms with Gasteiger partial charge in [0.1, 0.15) is 0 Å². The van der Waals surface area contributed by atoms with Crippen LogP contribution in [0.4, 0.5) is 5.69 Å². The number of piperazine rings is 1. The third kappa shape index (κ3) is 4.94. The highest BCUT2D eigenvalue weighted by Gasteiger charge is 2.25. The summed E-state index contributed by atoms with van der Waals surface area (Å²) in [5, 5.41) is 2.88. The normalized spacial score (nSPS) is 16.2. The smallest absolute Gasteiger partial charge is 0.255 e. The summed E-state index contributed by atoms with van der Waals surface area (Å²) in [5.74, 6) is -0.256. The molecule has 1 aliphatic heterocycles. The molecule has 1 fully saturated rings. The number of hydrogen-bond acceptors (Lipinski definition) is 4. The van der Waals surface area contributed by atoms with Gasteiger partial charge in [-0.2, -0.15) is 4.31 Å². The minimum absolute atomic E-state index is 0.0452. The van der Waals surface area contributed by atoms with E-state index in [1.807, 2.05) is 38.2 Å². The second-order valence-corrected chi connectivity index (χ2v) is 8.89. The molecule has 1 aliphatic rings. The van der Waals surface area contributed by atoms with Gasteiger partial charge < -0.3 is 10.2 Å². The van der Waals surface area contributed by atoms with E-state index in [0.717, 1.165) is 24.3 Å². The molecule has 1 N–H and O–H groups in total. The maximum atomic E-state index is 12.6.